The summed E-state index contributed by atoms with van der Waals surface area (Å²) in [5, 5.41) is 14.1. The Hall–Kier alpha value is -1.64. The topological polar surface area (TPSA) is 32.3 Å². The van der Waals surface area contributed by atoms with E-state index in [2.05, 4.69) is 53.8 Å². The van der Waals surface area contributed by atoms with Gasteiger partial charge in [-0.15, -0.1) is 0 Å². The average Bonchev–Trinajstić information content (AvgIpc) is 2.83. The zero-order valence-electron chi connectivity index (χ0n) is 12.1. The van der Waals surface area contributed by atoms with Crippen LogP contribution in [0.3, 0.4) is 0 Å². The van der Waals surface area contributed by atoms with Gasteiger partial charge in [-0.1, -0.05) is 48.5 Å². The predicted octanol–water partition coefficient (Wildman–Crippen LogP) is 2.79. The second-order valence-electron chi connectivity index (χ2n) is 6.32. The first-order chi connectivity index (χ1) is 10.3. The van der Waals surface area contributed by atoms with Crippen molar-refractivity contribution in [3.8, 4) is 0 Å². The summed E-state index contributed by atoms with van der Waals surface area (Å²) in [6, 6.07) is 17.7. The molecule has 4 rings (SSSR count). The molecular weight excluding hydrogens is 258 g/mol. The highest BCUT2D eigenvalue weighted by atomic mass is 16.3. The molecule has 0 fully saturated rings. The van der Waals surface area contributed by atoms with Crippen molar-refractivity contribution in [3.05, 3.63) is 70.8 Å². The monoisotopic (exact) mass is 279 g/mol. The number of aliphatic hydroxyl groups excluding tert-OH is 1. The van der Waals surface area contributed by atoms with Gasteiger partial charge in [-0.05, 0) is 41.5 Å². The highest BCUT2D eigenvalue weighted by Gasteiger charge is 2.32. The van der Waals surface area contributed by atoms with Gasteiger partial charge in [-0.3, -0.25) is 0 Å². The Balaban J connectivity index is 1.53. The molecule has 1 unspecified atom stereocenters. The maximum atomic E-state index is 10.4. The van der Waals surface area contributed by atoms with Crippen LogP contribution in [-0.2, 0) is 19.3 Å². The van der Waals surface area contributed by atoms with Gasteiger partial charge in [0.25, 0.3) is 0 Å². The standard InChI is InChI=1S/C19H21NO/c21-18-12-15-7-3-4-8-17(15)19(18)20-16-10-9-13-5-1-2-6-14(13)11-16/h1-8,16,18-21H,9-12H2/t16?,18-,19+/m0/s1. The van der Waals surface area contributed by atoms with E-state index in [1.807, 2.05) is 0 Å². The maximum Gasteiger partial charge on any atom is 0.0775 e. The third-order valence-electron chi connectivity index (χ3n) is 4.97. The smallest absolute Gasteiger partial charge is 0.0775 e. The molecule has 0 heterocycles. The van der Waals surface area contributed by atoms with Crippen LogP contribution in [0.4, 0.5) is 0 Å². The quantitative estimate of drug-likeness (QED) is 0.886. The summed E-state index contributed by atoms with van der Waals surface area (Å²) in [6.07, 6.45) is 3.85. The van der Waals surface area contributed by atoms with Crippen LogP contribution in [0.25, 0.3) is 0 Å². The fraction of sp³-hybridized carbons (Fsp3) is 0.368. The summed E-state index contributed by atoms with van der Waals surface area (Å²) in [4.78, 5) is 0. The van der Waals surface area contributed by atoms with E-state index in [1.54, 1.807) is 0 Å². The van der Waals surface area contributed by atoms with E-state index in [0.717, 1.165) is 25.7 Å². The molecule has 0 aliphatic heterocycles. The van der Waals surface area contributed by atoms with Crippen molar-refractivity contribution in [2.45, 2.75) is 43.9 Å². The zero-order chi connectivity index (χ0) is 14.2. The van der Waals surface area contributed by atoms with Crippen LogP contribution < -0.4 is 5.32 Å². The van der Waals surface area contributed by atoms with E-state index in [4.69, 9.17) is 0 Å². The molecule has 0 aromatic heterocycles. The summed E-state index contributed by atoms with van der Waals surface area (Å²) < 4.78 is 0. The molecule has 2 aromatic rings. The van der Waals surface area contributed by atoms with Crippen molar-refractivity contribution in [2.75, 3.05) is 0 Å². The number of aliphatic hydroxyl groups is 1. The first-order valence-corrected chi connectivity index (χ1v) is 7.90. The molecule has 2 N–H and O–H groups in total. The molecule has 0 bridgehead atoms. The number of aryl methyl sites for hydroxylation is 1. The van der Waals surface area contributed by atoms with E-state index in [-0.39, 0.29) is 12.1 Å². The van der Waals surface area contributed by atoms with Crippen molar-refractivity contribution in [2.24, 2.45) is 0 Å². The van der Waals surface area contributed by atoms with Crippen LogP contribution in [0.15, 0.2) is 48.5 Å². The van der Waals surface area contributed by atoms with Crippen LogP contribution in [0, 0.1) is 0 Å². The molecule has 108 valence electrons. The van der Waals surface area contributed by atoms with Gasteiger partial charge < -0.3 is 10.4 Å². The predicted molar refractivity (Wildman–Crippen MR) is 84.3 cm³/mol. The third-order valence-corrected chi connectivity index (χ3v) is 4.97. The fourth-order valence-electron chi connectivity index (χ4n) is 3.87. The minimum absolute atomic E-state index is 0.0939. The third kappa shape index (κ3) is 2.39. The van der Waals surface area contributed by atoms with Gasteiger partial charge >= 0.3 is 0 Å². The van der Waals surface area contributed by atoms with Gasteiger partial charge in [-0.2, -0.15) is 0 Å². The molecule has 0 spiro atoms. The van der Waals surface area contributed by atoms with E-state index in [1.165, 1.54) is 22.3 Å². The first kappa shape index (κ1) is 13.1. The molecule has 21 heavy (non-hydrogen) atoms. The molecule has 3 atom stereocenters. The summed E-state index contributed by atoms with van der Waals surface area (Å²) in [5.41, 5.74) is 5.52. The Kier molecular flexibility index (Phi) is 3.28. The molecule has 0 radical (unpaired) electrons. The average molecular weight is 279 g/mol. The van der Waals surface area contributed by atoms with Crippen molar-refractivity contribution in [1.29, 1.82) is 0 Å². The molecule has 0 saturated carbocycles. The Morgan fingerprint density at radius 3 is 2.43 bits per heavy atom. The molecule has 2 aromatic carbocycles. The van der Waals surface area contributed by atoms with Crippen LogP contribution in [0.2, 0.25) is 0 Å². The lowest BCUT2D eigenvalue weighted by Crippen LogP contribution is -2.40. The molecular formula is C19H21NO. The van der Waals surface area contributed by atoms with Gasteiger partial charge in [0.05, 0.1) is 12.1 Å². The van der Waals surface area contributed by atoms with E-state index in [0.29, 0.717) is 6.04 Å². The Bertz CT molecular complexity index is 652. The summed E-state index contributed by atoms with van der Waals surface area (Å²) in [7, 11) is 0. The summed E-state index contributed by atoms with van der Waals surface area (Å²) >= 11 is 0. The minimum Gasteiger partial charge on any atom is -0.391 e. The van der Waals surface area contributed by atoms with Crippen molar-refractivity contribution < 1.29 is 5.11 Å². The van der Waals surface area contributed by atoms with Crippen LogP contribution >= 0.6 is 0 Å². The Morgan fingerprint density at radius 2 is 1.57 bits per heavy atom. The highest BCUT2D eigenvalue weighted by Crippen LogP contribution is 2.33. The first-order valence-electron chi connectivity index (χ1n) is 7.90. The summed E-state index contributed by atoms with van der Waals surface area (Å²) in [5.74, 6) is 0. The van der Waals surface area contributed by atoms with Gasteiger partial charge in [0.1, 0.15) is 0 Å². The Morgan fingerprint density at radius 1 is 0.857 bits per heavy atom. The SMILES string of the molecule is O[C@H]1Cc2ccccc2[C@H]1NC1CCc2ccccc2C1. The number of rotatable bonds is 2. The largest absolute Gasteiger partial charge is 0.391 e. The number of hydrogen-bond acceptors (Lipinski definition) is 2. The van der Waals surface area contributed by atoms with Crippen LogP contribution in [0.1, 0.15) is 34.7 Å². The van der Waals surface area contributed by atoms with Crippen LogP contribution in [0.5, 0.6) is 0 Å². The number of hydrogen-bond donors (Lipinski definition) is 2. The lowest BCUT2D eigenvalue weighted by atomic mass is 9.87. The van der Waals surface area contributed by atoms with Gasteiger partial charge in [0.15, 0.2) is 0 Å². The molecule has 2 aliphatic rings. The number of benzene rings is 2. The van der Waals surface area contributed by atoms with Crippen molar-refractivity contribution in [3.63, 3.8) is 0 Å². The second-order valence-corrected chi connectivity index (χ2v) is 6.32. The van der Waals surface area contributed by atoms with Crippen LogP contribution in [-0.4, -0.2) is 17.3 Å². The van der Waals surface area contributed by atoms with Gasteiger partial charge in [-0.25, -0.2) is 0 Å². The Labute approximate surface area is 125 Å². The zero-order valence-corrected chi connectivity index (χ0v) is 12.1. The lowest BCUT2D eigenvalue weighted by molar-refractivity contribution is 0.133. The second kappa shape index (κ2) is 5.28. The number of fused-ring (bicyclic) bond motifs is 2. The fourth-order valence-corrected chi connectivity index (χ4v) is 3.87. The van der Waals surface area contributed by atoms with E-state index in [9.17, 15) is 5.11 Å². The molecule has 2 aliphatic carbocycles. The van der Waals surface area contributed by atoms with Gasteiger partial charge in [0, 0.05) is 12.5 Å². The normalized spacial score (nSPS) is 27.2. The maximum absolute atomic E-state index is 10.4. The van der Waals surface area contributed by atoms with Crippen molar-refractivity contribution >= 4 is 0 Å². The molecule has 0 amide bonds. The van der Waals surface area contributed by atoms with Crippen molar-refractivity contribution in [1.82, 2.24) is 5.32 Å². The lowest BCUT2D eigenvalue weighted by Gasteiger charge is -2.30. The molecule has 0 saturated heterocycles. The van der Waals surface area contributed by atoms with E-state index < -0.39 is 0 Å². The number of nitrogens with one attached hydrogen (secondary N) is 1. The minimum atomic E-state index is -0.292. The molecule has 2 nitrogen and oxygen atoms in total. The summed E-state index contributed by atoms with van der Waals surface area (Å²) in [6.45, 7) is 0. The highest BCUT2D eigenvalue weighted by molar-refractivity contribution is 5.37. The van der Waals surface area contributed by atoms with E-state index >= 15 is 0 Å². The molecule has 2 heteroatoms. The van der Waals surface area contributed by atoms with Gasteiger partial charge in [0.2, 0.25) is 0 Å².